The maximum atomic E-state index is 12.9. The van der Waals surface area contributed by atoms with Crippen molar-refractivity contribution in [1.82, 2.24) is 0 Å². The van der Waals surface area contributed by atoms with Crippen molar-refractivity contribution in [2.75, 3.05) is 17.7 Å². The first kappa shape index (κ1) is 15.0. The minimum atomic E-state index is -0.362. The van der Waals surface area contributed by atoms with Crippen LogP contribution in [0.3, 0.4) is 0 Å². The van der Waals surface area contributed by atoms with Crippen molar-refractivity contribution < 1.29 is 14.3 Å². The van der Waals surface area contributed by atoms with E-state index in [1.54, 1.807) is 23.9 Å². The third-order valence-electron chi connectivity index (χ3n) is 2.38. The number of halogens is 1. The molecule has 2 N–H and O–H groups in total. The molecular formula is C13H18FNO2S. The lowest BCUT2D eigenvalue weighted by atomic mass is 10.3. The Bertz CT molecular complexity index is 387. The topological polar surface area (TPSA) is 49.3 Å². The van der Waals surface area contributed by atoms with Crippen molar-refractivity contribution in [1.29, 1.82) is 0 Å². The molecule has 0 heterocycles. The third-order valence-corrected chi connectivity index (χ3v) is 3.62. The summed E-state index contributed by atoms with van der Waals surface area (Å²) >= 11 is 1.65. The summed E-state index contributed by atoms with van der Waals surface area (Å²) in [6, 6.07) is 5.84. The van der Waals surface area contributed by atoms with Crippen LogP contribution in [0.1, 0.15) is 19.8 Å². The van der Waals surface area contributed by atoms with Gasteiger partial charge in [0.05, 0.1) is 0 Å². The molecule has 0 aliphatic heterocycles. The van der Waals surface area contributed by atoms with Gasteiger partial charge in [0.15, 0.2) is 0 Å². The van der Waals surface area contributed by atoms with E-state index in [0.29, 0.717) is 23.1 Å². The molecule has 0 aromatic heterocycles. The van der Waals surface area contributed by atoms with Gasteiger partial charge >= 0.3 is 0 Å². The number of thioether (sulfide) groups is 1. The van der Waals surface area contributed by atoms with E-state index in [4.69, 9.17) is 5.11 Å². The molecule has 1 amide bonds. The van der Waals surface area contributed by atoms with Crippen molar-refractivity contribution in [3.63, 3.8) is 0 Å². The van der Waals surface area contributed by atoms with E-state index >= 15 is 0 Å². The van der Waals surface area contributed by atoms with Gasteiger partial charge in [0.25, 0.3) is 0 Å². The molecule has 1 aromatic rings. The number of amides is 1. The molecular weight excluding hydrogens is 253 g/mol. The Morgan fingerprint density at radius 1 is 1.56 bits per heavy atom. The average Bonchev–Trinajstić information content (AvgIpc) is 2.29. The van der Waals surface area contributed by atoms with Gasteiger partial charge in [-0.3, -0.25) is 4.79 Å². The fourth-order valence-corrected chi connectivity index (χ4v) is 2.39. The highest BCUT2D eigenvalue weighted by Gasteiger charge is 2.06. The van der Waals surface area contributed by atoms with Crippen molar-refractivity contribution in [2.45, 2.75) is 25.0 Å². The number of carbonyl (C=O) groups is 1. The number of benzene rings is 1. The monoisotopic (exact) mass is 271 g/mol. The predicted octanol–water partition coefficient (Wildman–Crippen LogP) is 2.66. The average molecular weight is 271 g/mol. The maximum absolute atomic E-state index is 12.9. The quantitative estimate of drug-likeness (QED) is 0.801. The lowest BCUT2D eigenvalue weighted by Crippen LogP contribution is -2.13. The Kier molecular flexibility index (Phi) is 6.75. The first-order valence-corrected chi connectivity index (χ1v) is 6.94. The molecule has 0 radical (unpaired) electrons. The summed E-state index contributed by atoms with van der Waals surface area (Å²) < 4.78 is 12.9. The van der Waals surface area contributed by atoms with Crippen molar-refractivity contribution >= 4 is 23.4 Å². The second-order valence-corrected chi connectivity index (χ2v) is 5.55. The van der Waals surface area contributed by atoms with E-state index in [1.807, 2.05) is 6.92 Å². The summed E-state index contributed by atoms with van der Waals surface area (Å²) in [6.45, 7) is 2.19. The van der Waals surface area contributed by atoms with Crippen molar-refractivity contribution in [3.05, 3.63) is 30.1 Å². The third kappa shape index (κ3) is 6.02. The molecule has 0 aliphatic rings. The fourth-order valence-electron chi connectivity index (χ4n) is 1.41. The zero-order valence-electron chi connectivity index (χ0n) is 10.4. The number of rotatable bonds is 7. The Hall–Kier alpha value is -1.07. The Morgan fingerprint density at radius 2 is 2.33 bits per heavy atom. The number of aliphatic hydroxyl groups is 1. The van der Waals surface area contributed by atoms with E-state index in [0.717, 1.165) is 6.42 Å². The largest absolute Gasteiger partial charge is 0.396 e. The molecule has 0 bridgehead atoms. The molecule has 1 atom stereocenters. The lowest BCUT2D eigenvalue weighted by Gasteiger charge is -2.09. The summed E-state index contributed by atoms with van der Waals surface area (Å²) in [7, 11) is 0. The summed E-state index contributed by atoms with van der Waals surface area (Å²) in [5.74, 6) is 0.213. The molecule has 0 saturated carbocycles. The van der Waals surface area contributed by atoms with Gasteiger partial charge < -0.3 is 10.4 Å². The van der Waals surface area contributed by atoms with Gasteiger partial charge in [-0.05, 0) is 24.6 Å². The predicted molar refractivity (Wildman–Crippen MR) is 73.3 cm³/mol. The summed E-state index contributed by atoms with van der Waals surface area (Å²) in [5, 5.41) is 11.7. The van der Waals surface area contributed by atoms with Gasteiger partial charge in [-0.15, -0.1) is 0 Å². The summed E-state index contributed by atoms with van der Waals surface area (Å²) in [4.78, 5) is 11.6. The van der Waals surface area contributed by atoms with E-state index < -0.39 is 0 Å². The molecule has 1 aromatic carbocycles. The van der Waals surface area contributed by atoms with Crippen LogP contribution >= 0.6 is 11.8 Å². The second kappa shape index (κ2) is 8.11. The van der Waals surface area contributed by atoms with Gasteiger partial charge in [0.1, 0.15) is 5.82 Å². The van der Waals surface area contributed by atoms with Crippen molar-refractivity contribution in [3.8, 4) is 0 Å². The molecule has 0 saturated heterocycles. The second-order valence-electron chi connectivity index (χ2n) is 4.00. The van der Waals surface area contributed by atoms with Gasteiger partial charge in [-0.2, -0.15) is 11.8 Å². The highest BCUT2D eigenvalue weighted by Crippen LogP contribution is 2.15. The number of hydrogen-bond acceptors (Lipinski definition) is 3. The van der Waals surface area contributed by atoms with Gasteiger partial charge in [-0.1, -0.05) is 13.0 Å². The van der Waals surface area contributed by atoms with E-state index in [2.05, 4.69) is 5.32 Å². The number of carbonyl (C=O) groups excluding carboxylic acids is 1. The fraction of sp³-hybridized carbons (Fsp3) is 0.462. The number of hydrogen-bond donors (Lipinski definition) is 2. The van der Waals surface area contributed by atoms with E-state index in [9.17, 15) is 9.18 Å². The zero-order valence-corrected chi connectivity index (χ0v) is 11.2. The van der Waals surface area contributed by atoms with Crippen LogP contribution in [0, 0.1) is 5.82 Å². The van der Waals surface area contributed by atoms with Crippen molar-refractivity contribution in [2.24, 2.45) is 0 Å². The maximum Gasteiger partial charge on any atom is 0.225 e. The van der Waals surface area contributed by atoms with Crippen LogP contribution in [0.5, 0.6) is 0 Å². The van der Waals surface area contributed by atoms with Crippen LogP contribution in [0.4, 0.5) is 10.1 Å². The smallest absolute Gasteiger partial charge is 0.225 e. The SMILES string of the molecule is CC(CCO)SCCC(=O)Nc1cccc(F)c1. The first-order chi connectivity index (χ1) is 8.61. The first-order valence-electron chi connectivity index (χ1n) is 5.89. The molecule has 1 unspecified atom stereocenters. The zero-order chi connectivity index (χ0) is 13.4. The highest BCUT2D eigenvalue weighted by atomic mass is 32.2. The normalized spacial score (nSPS) is 12.2. The molecule has 0 aliphatic carbocycles. The minimum absolute atomic E-state index is 0.121. The van der Waals surface area contributed by atoms with Gasteiger partial charge in [-0.25, -0.2) is 4.39 Å². The van der Waals surface area contributed by atoms with E-state index in [1.165, 1.54) is 12.1 Å². The van der Waals surface area contributed by atoms with Crippen LogP contribution < -0.4 is 5.32 Å². The van der Waals surface area contributed by atoms with Crippen LogP contribution in [-0.4, -0.2) is 28.6 Å². The molecule has 100 valence electrons. The Morgan fingerprint density at radius 3 is 3.00 bits per heavy atom. The Labute approximate surface area is 111 Å². The summed E-state index contributed by atoms with van der Waals surface area (Å²) in [5.41, 5.74) is 0.480. The van der Waals surface area contributed by atoms with Crippen LogP contribution in [0.25, 0.3) is 0 Å². The van der Waals surface area contributed by atoms with Crippen LogP contribution in [-0.2, 0) is 4.79 Å². The van der Waals surface area contributed by atoms with Gasteiger partial charge in [0.2, 0.25) is 5.91 Å². The molecule has 1 rings (SSSR count). The van der Waals surface area contributed by atoms with Crippen LogP contribution in [0.15, 0.2) is 24.3 Å². The standard InChI is InChI=1S/C13H18FNO2S/c1-10(5-7-16)18-8-6-13(17)15-12-4-2-3-11(14)9-12/h2-4,9-10,16H,5-8H2,1H3,(H,15,17). The number of nitrogens with one attached hydrogen (secondary N) is 1. The number of aliphatic hydroxyl groups excluding tert-OH is 1. The van der Waals surface area contributed by atoms with E-state index in [-0.39, 0.29) is 18.3 Å². The number of anilines is 1. The molecule has 0 fully saturated rings. The van der Waals surface area contributed by atoms with Gasteiger partial charge in [0, 0.05) is 29.7 Å². The molecule has 5 heteroatoms. The Balaban J connectivity index is 2.25. The lowest BCUT2D eigenvalue weighted by molar-refractivity contribution is -0.115. The highest BCUT2D eigenvalue weighted by molar-refractivity contribution is 7.99. The van der Waals surface area contributed by atoms with Crippen LogP contribution in [0.2, 0.25) is 0 Å². The minimum Gasteiger partial charge on any atom is -0.396 e. The molecule has 18 heavy (non-hydrogen) atoms. The molecule has 0 spiro atoms. The molecule has 3 nitrogen and oxygen atoms in total. The summed E-state index contributed by atoms with van der Waals surface area (Å²) in [6.07, 6.45) is 1.12.